The van der Waals surface area contributed by atoms with Crippen LogP contribution in [0.15, 0.2) is 21.9 Å². The molecule has 1 fully saturated rings. The fourth-order valence-corrected chi connectivity index (χ4v) is 2.26. The third-order valence-corrected chi connectivity index (χ3v) is 3.37. The lowest BCUT2D eigenvalue weighted by Gasteiger charge is -2.16. The van der Waals surface area contributed by atoms with Gasteiger partial charge in [-0.15, -0.1) is 0 Å². The molecule has 2 heterocycles. The van der Waals surface area contributed by atoms with E-state index in [1.807, 2.05) is 0 Å². The van der Waals surface area contributed by atoms with E-state index in [9.17, 15) is 14.7 Å². The zero-order valence-electron chi connectivity index (χ0n) is 11.5. The second kappa shape index (κ2) is 6.35. The standard InChI is InChI=1S/C13H18N2O6/c1-8-6-15(11-5-9(18)10(7-17)21-11)13(20)14(12(8)19)3-2-4-16/h2-3,6,9-11,16-18H,4-5,7H2,1H3/b3-2+/t9-,10+,11+/m0/s1. The predicted molar refractivity (Wildman–Crippen MR) is 73.7 cm³/mol. The van der Waals surface area contributed by atoms with Crippen LogP contribution in [0.25, 0.3) is 6.20 Å². The Hall–Kier alpha value is -1.74. The molecule has 8 heteroatoms. The minimum absolute atomic E-state index is 0.145. The minimum atomic E-state index is -0.874. The molecule has 3 atom stereocenters. The maximum atomic E-state index is 12.3. The number of hydrogen-bond acceptors (Lipinski definition) is 6. The Balaban J connectivity index is 2.46. The molecule has 0 amide bonds. The summed E-state index contributed by atoms with van der Waals surface area (Å²) < 4.78 is 7.49. The largest absolute Gasteiger partial charge is 0.394 e. The van der Waals surface area contributed by atoms with Crippen LogP contribution in [0.3, 0.4) is 0 Å². The quantitative estimate of drug-likeness (QED) is 0.618. The Kier molecular flexibility index (Phi) is 4.73. The van der Waals surface area contributed by atoms with Gasteiger partial charge in [-0.25, -0.2) is 9.36 Å². The highest BCUT2D eigenvalue weighted by molar-refractivity contribution is 5.23. The van der Waals surface area contributed by atoms with E-state index in [0.29, 0.717) is 5.56 Å². The Bertz CT molecular complexity index is 647. The molecule has 0 bridgehead atoms. The van der Waals surface area contributed by atoms with Crippen molar-refractivity contribution >= 4 is 6.20 Å². The SMILES string of the molecule is Cc1cn([C@H]2C[C@H](O)[C@@H](CO)O2)c(=O)n(/C=C/CO)c1=O. The van der Waals surface area contributed by atoms with Gasteiger partial charge in [0.25, 0.3) is 5.56 Å². The molecule has 3 N–H and O–H groups in total. The van der Waals surface area contributed by atoms with Crippen LogP contribution in [0, 0.1) is 6.92 Å². The van der Waals surface area contributed by atoms with Crippen molar-refractivity contribution < 1.29 is 20.1 Å². The smallest absolute Gasteiger partial charge is 0.337 e. The third kappa shape index (κ3) is 2.98. The van der Waals surface area contributed by atoms with Gasteiger partial charge in [-0.05, 0) is 13.0 Å². The lowest BCUT2D eigenvalue weighted by Crippen LogP contribution is -2.39. The molecule has 0 unspecified atom stereocenters. The van der Waals surface area contributed by atoms with E-state index < -0.39 is 29.7 Å². The minimum Gasteiger partial charge on any atom is -0.394 e. The summed E-state index contributed by atoms with van der Waals surface area (Å²) in [5, 5.41) is 27.6. The highest BCUT2D eigenvalue weighted by Crippen LogP contribution is 2.27. The first-order valence-electron chi connectivity index (χ1n) is 6.55. The van der Waals surface area contributed by atoms with E-state index in [-0.39, 0.29) is 19.6 Å². The molecule has 1 aromatic heterocycles. The highest BCUT2D eigenvalue weighted by Gasteiger charge is 2.35. The summed E-state index contributed by atoms with van der Waals surface area (Å²) in [7, 11) is 0. The highest BCUT2D eigenvalue weighted by atomic mass is 16.5. The lowest BCUT2D eigenvalue weighted by atomic mass is 10.2. The van der Waals surface area contributed by atoms with Gasteiger partial charge in [-0.2, -0.15) is 0 Å². The molecule has 21 heavy (non-hydrogen) atoms. The lowest BCUT2D eigenvalue weighted by molar-refractivity contribution is -0.0461. The molecule has 0 aromatic carbocycles. The van der Waals surface area contributed by atoms with Crippen molar-refractivity contribution in [2.45, 2.75) is 31.8 Å². The van der Waals surface area contributed by atoms with Gasteiger partial charge in [-0.3, -0.25) is 9.36 Å². The van der Waals surface area contributed by atoms with Crippen LogP contribution in [0.5, 0.6) is 0 Å². The van der Waals surface area contributed by atoms with E-state index in [1.54, 1.807) is 6.92 Å². The van der Waals surface area contributed by atoms with Crippen molar-refractivity contribution in [2.24, 2.45) is 0 Å². The molecule has 2 rings (SSSR count). The van der Waals surface area contributed by atoms with E-state index in [1.165, 1.54) is 23.0 Å². The average Bonchev–Trinajstić information content (AvgIpc) is 2.84. The van der Waals surface area contributed by atoms with Gasteiger partial charge in [0, 0.05) is 24.4 Å². The summed E-state index contributed by atoms with van der Waals surface area (Å²) in [6.07, 6.45) is 1.60. The first-order chi connectivity index (χ1) is 9.99. The number of rotatable bonds is 4. The van der Waals surface area contributed by atoms with Crippen LogP contribution >= 0.6 is 0 Å². The molecule has 0 saturated carbocycles. The molecule has 1 aromatic rings. The summed E-state index contributed by atoms with van der Waals surface area (Å²) in [6, 6.07) is 0. The van der Waals surface area contributed by atoms with Crippen molar-refractivity contribution in [3.63, 3.8) is 0 Å². The number of aryl methyl sites for hydroxylation is 1. The fraction of sp³-hybridized carbons (Fsp3) is 0.538. The topological polar surface area (TPSA) is 114 Å². The Labute approximate surface area is 120 Å². The molecule has 1 aliphatic rings. The van der Waals surface area contributed by atoms with Gasteiger partial charge < -0.3 is 20.1 Å². The zero-order chi connectivity index (χ0) is 15.6. The van der Waals surface area contributed by atoms with Crippen molar-refractivity contribution in [1.29, 1.82) is 0 Å². The predicted octanol–water partition coefficient (Wildman–Crippen LogP) is -1.58. The summed E-state index contributed by atoms with van der Waals surface area (Å²) in [5.74, 6) is 0. The van der Waals surface area contributed by atoms with Gasteiger partial charge in [0.1, 0.15) is 12.3 Å². The van der Waals surface area contributed by atoms with Crippen molar-refractivity contribution in [3.05, 3.63) is 38.7 Å². The number of nitrogens with zero attached hydrogens (tertiary/aromatic N) is 2. The monoisotopic (exact) mass is 298 g/mol. The van der Waals surface area contributed by atoms with Crippen molar-refractivity contribution in [1.82, 2.24) is 9.13 Å². The summed E-state index contributed by atoms with van der Waals surface area (Å²) in [4.78, 5) is 24.2. The second-order valence-corrected chi connectivity index (χ2v) is 4.86. The Morgan fingerprint density at radius 1 is 1.43 bits per heavy atom. The summed E-state index contributed by atoms with van der Waals surface area (Å²) >= 11 is 0. The maximum absolute atomic E-state index is 12.3. The molecular weight excluding hydrogens is 280 g/mol. The van der Waals surface area contributed by atoms with Gasteiger partial charge in [0.15, 0.2) is 0 Å². The van der Waals surface area contributed by atoms with Crippen LogP contribution in [-0.2, 0) is 4.74 Å². The zero-order valence-corrected chi connectivity index (χ0v) is 11.5. The van der Waals surface area contributed by atoms with Crippen LogP contribution < -0.4 is 11.2 Å². The van der Waals surface area contributed by atoms with Gasteiger partial charge in [-0.1, -0.05) is 0 Å². The van der Waals surface area contributed by atoms with Crippen molar-refractivity contribution in [2.75, 3.05) is 13.2 Å². The maximum Gasteiger partial charge on any atom is 0.337 e. The van der Waals surface area contributed by atoms with Crippen molar-refractivity contribution in [3.8, 4) is 0 Å². The number of ether oxygens (including phenoxy) is 1. The molecular formula is C13H18N2O6. The molecule has 0 spiro atoms. The Morgan fingerprint density at radius 3 is 2.71 bits per heavy atom. The molecule has 1 aliphatic heterocycles. The fourth-order valence-electron chi connectivity index (χ4n) is 2.26. The molecule has 0 radical (unpaired) electrons. The van der Waals surface area contributed by atoms with E-state index in [0.717, 1.165) is 4.57 Å². The van der Waals surface area contributed by atoms with Gasteiger partial charge in [0.2, 0.25) is 0 Å². The third-order valence-electron chi connectivity index (χ3n) is 3.37. The normalized spacial score (nSPS) is 25.8. The van der Waals surface area contributed by atoms with E-state index >= 15 is 0 Å². The van der Waals surface area contributed by atoms with E-state index in [2.05, 4.69) is 0 Å². The second-order valence-electron chi connectivity index (χ2n) is 4.86. The molecule has 8 nitrogen and oxygen atoms in total. The average molecular weight is 298 g/mol. The molecule has 0 aliphatic carbocycles. The van der Waals surface area contributed by atoms with Crippen LogP contribution in [0.2, 0.25) is 0 Å². The summed E-state index contributed by atoms with van der Waals surface area (Å²) in [5.41, 5.74) is -0.799. The van der Waals surface area contributed by atoms with E-state index in [4.69, 9.17) is 14.9 Å². The summed E-state index contributed by atoms with van der Waals surface area (Å²) in [6.45, 7) is 0.900. The Morgan fingerprint density at radius 2 is 2.14 bits per heavy atom. The first kappa shape index (κ1) is 15.6. The van der Waals surface area contributed by atoms with Gasteiger partial charge >= 0.3 is 5.69 Å². The number of aliphatic hydroxyl groups excluding tert-OH is 3. The molecule has 116 valence electrons. The number of aromatic nitrogens is 2. The van der Waals surface area contributed by atoms with Crippen LogP contribution in [-0.4, -0.2) is 49.9 Å². The van der Waals surface area contributed by atoms with Gasteiger partial charge in [0.05, 0.1) is 19.3 Å². The number of hydrogen-bond donors (Lipinski definition) is 3. The first-order valence-corrected chi connectivity index (χ1v) is 6.55. The number of aliphatic hydroxyl groups is 3. The van der Waals surface area contributed by atoms with Crippen LogP contribution in [0.4, 0.5) is 0 Å². The van der Waals surface area contributed by atoms with Crippen LogP contribution in [0.1, 0.15) is 18.2 Å². The molecule has 1 saturated heterocycles.